The molecule has 2 unspecified atom stereocenters. The van der Waals surface area contributed by atoms with Crippen LogP contribution in [0.1, 0.15) is 66.7 Å². The molecule has 0 amide bonds. The van der Waals surface area contributed by atoms with Crippen LogP contribution in [0.3, 0.4) is 0 Å². The van der Waals surface area contributed by atoms with E-state index in [4.69, 9.17) is 0 Å². The quantitative estimate of drug-likeness (QED) is 0.746. The largest absolute Gasteiger partial charge is 0.314 e. The summed E-state index contributed by atoms with van der Waals surface area (Å²) in [6.07, 6.45) is 6.78. The number of nitrogens with zero attached hydrogens (tertiary/aromatic N) is 1. The van der Waals surface area contributed by atoms with Crippen molar-refractivity contribution in [3.63, 3.8) is 0 Å². The van der Waals surface area contributed by atoms with Gasteiger partial charge in [-0.15, -0.1) is 0 Å². The lowest BCUT2D eigenvalue weighted by Gasteiger charge is -2.41. The molecule has 2 atom stereocenters. The molecule has 1 N–H and O–H groups in total. The summed E-state index contributed by atoms with van der Waals surface area (Å²) < 4.78 is 0. The van der Waals surface area contributed by atoms with Gasteiger partial charge in [0.1, 0.15) is 0 Å². The molecule has 0 aliphatic heterocycles. The smallest absolute Gasteiger partial charge is 0.0113 e. The van der Waals surface area contributed by atoms with Gasteiger partial charge in [0, 0.05) is 24.7 Å². The van der Waals surface area contributed by atoms with Crippen LogP contribution >= 0.6 is 0 Å². The van der Waals surface area contributed by atoms with Crippen molar-refractivity contribution < 1.29 is 0 Å². The molecule has 0 aromatic heterocycles. The highest BCUT2D eigenvalue weighted by Gasteiger charge is 2.28. The molecular weight excluding hydrogens is 220 g/mol. The lowest BCUT2D eigenvalue weighted by Crippen LogP contribution is -2.48. The van der Waals surface area contributed by atoms with E-state index >= 15 is 0 Å². The fraction of sp³-hybridized carbons (Fsp3) is 1.00. The second kappa shape index (κ2) is 8.16. The van der Waals surface area contributed by atoms with Crippen LogP contribution < -0.4 is 5.32 Å². The Morgan fingerprint density at radius 2 is 1.89 bits per heavy atom. The van der Waals surface area contributed by atoms with Crippen molar-refractivity contribution in [2.45, 2.75) is 84.8 Å². The molecule has 2 heteroatoms. The van der Waals surface area contributed by atoms with E-state index < -0.39 is 0 Å². The van der Waals surface area contributed by atoms with Gasteiger partial charge in [0.05, 0.1) is 0 Å². The van der Waals surface area contributed by atoms with Gasteiger partial charge >= 0.3 is 0 Å². The fourth-order valence-corrected chi connectivity index (χ4v) is 3.20. The van der Waals surface area contributed by atoms with Gasteiger partial charge in [-0.2, -0.15) is 0 Å². The maximum Gasteiger partial charge on any atom is 0.0113 e. The molecule has 2 nitrogen and oxygen atoms in total. The lowest BCUT2D eigenvalue weighted by molar-refractivity contribution is 0.0945. The first-order chi connectivity index (χ1) is 8.54. The molecule has 0 saturated heterocycles. The minimum absolute atomic E-state index is 0.683. The zero-order valence-corrected chi connectivity index (χ0v) is 13.2. The number of hydrogen-bond donors (Lipinski definition) is 1. The van der Waals surface area contributed by atoms with Crippen LogP contribution in [0.25, 0.3) is 0 Å². The Hall–Kier alpha value is -0.0800. The van der Waals surface area contributed by atoms with E-state index in [1.165, 1.54) is 45.2 Å². The average molecular weight is 254 g/mol. The third kappa shape index (κ3) is 5.27. The SMILES string of the molecule is CCCNC1CCCC(N(CC(C)C)C(C)C)C1. The van der Waals surface area contributed by atoms with Crippen molar-refractivity contribution >= 4 is 0 Å². The Morgan fingerprint density at radius 1 is 1.17 bits per heavy atom. The van der Waals surface area contributed by atoms with Gasteiger partial charge in [-0.3, -0.25) is 4.90 Å². The molecule has 0 aromatic carbocycles. The molecule has 0 spiro atoms. The molecule has 1 aliphatic rings. The monoisotopic (exact) mass is 254 g/mol. The molecule has 0 radical (unpaired) electrons. The Morgan fingerprint density at radius 3 is 2.44 bits per heavy atom. The first kappa shape index (κ1) is 16.0. The van der Waals surface area contributed by atoms with Gasteiger partial charge in [0.25, 0.3) is 0 Å². The molecule has 18 heavy (non-hydrogen) atoms. The maximum absolute atomic E-state index is 3.72. The van der Waals surface area contributed by atoms with Crippen molar-refractivity contribution in [1.82, 2.24) is 10.2 Å². The Bertz CT molecular complexity index is 213. The zero-order valence-electron chi connectivity index (χ0n) is 13.2. The third-order valence-electron chi connectivity index (χ3n) is 4.04. The summed E-state index contributed by atoms with van der Waals surface area (Å²) in [6, 6.07) is 2.25. The topological polar surface area (TPSA) is 15.3 Å². The van der Waals surface area contributed by atoms with E-state index in [2.05, 4.69) is 44.8 Å². The van der Waals surface area contributed by atoms with Crippen molar-refractivity contribution in [2.75, 3.05) is 13.1 Å². The Balaban J connectivity index is 2.50. The molecular formula is C16H34N2. The van der Waals surface area contributed by atoms with E-state index in [0.717, 1.165) is 18.0 Å². The van der Waals surface area contributed by atoms with Gasteiger partial charge in [-0.1, -0.05) is 27.2 Å². The highest BCUT2D eigenvalue weighted by atomic mass is 15.2. The average Bonchev–Trinajstić information content (AvgIpc) is 2.33. The van der Waals surface area contributed by atoms with E-state index in [9.17, 15) is 0 Å². The van der Waals surface area contributed by atoms with E-state index in [1.807, 2.05) is 0 Å². The van der Waals surface area contributed by atoms with Crippen molar-refractivity contribution in [2.24, 2.45) is 5.92 Å². The summed E-state index contributed by atoms with van der Waals surface area (Å²) in [6.45, 7) is 14.1. The van der Waals surface area contributed by atoms with Crippen molar-refractivity contribution in [3.05, 3.63) is 0 Å². The molecule has 0 aromatic rings. The normalized spacial score (nSPS) is 25.3. The highest BCUT2D eigenvalue weighted by molar-refractivity contribution is 4.85. The zero-order chi connectivity index (χ0) is 13.5. The molecule has 0 bridgehead atoms. The molecule has 1 fully saturated rings. The fourth-order valence-electron chi connectivity index (χ4n) is 3.20. The van der Waals surface area contributed by atoms with Gasteiger partial charge in [-0.25, -0.2) is 0 Å². The van der Waals surface area contributed by atoms with Crippen molar-refractivity contribution in [3.8, 4) is 0 Å². The van der Waals surface area contributed by atoms with E-state index in [0.29, 0.717) is 6.04 Å². The number of nitrogens with one attached hydrogen (secondary N) is 1. The van der Waals surface area contributed by atoms with Crippen LogP contribution in [0, 0.1) is 5.92 Å². The first-order valence-electron chi connectivity index (χ1n) is 8.03. The highest BCUT2D eigenvalue weighted by Crippen LogP contribution is 2.25. The Labute approximate surface area is 115 Å². The lowest BCUT2D eigenvalue weighted by atomic mass is 9.88. The summed E-state index contributed by atoms with van der Waals surface area (Å²) in [5.41, 5.74) is 0. The van der Waals surface area contributed by atoms with Crippen LogP contribution in [0.2, 0.25) is 0 Å². The second-order valence-corrected chi connectivity index (χ2v) is 6.66. The first-order valence-corrected chi connectivity index (χ1v) is 8.03. The van der Waals surface area contributed by atoms with E-state index in [-0.39, 0.29) is 0 Å². The number of rotatable bonds is 7. The Kier molecular flexibility index (Phi) is 7.25. The van der Waals surface area contributed by atoms with Crippen LogP contribution in [0.5, 0.6) is 0 Å². The van der Waals surface area contributed by atoms with Gasteiger partial charge < -0.3 is 5.32 Å². The molecule has 1 rings (SSSR count). The number of hydrogen-bond acceptors (Lipinski definition) is 2. The van der Waals surface area contributed by atoms with Crippen LogP contribution in [-0.4, -0.2) is 36.1 Å². The molecule has 1 aliphatic carbocycles. The summed E-state index contributed by atoms with van der Waals surface area (Å²) >= 11 is 0. The summed E-state index contributed by atoms with van der Waals surface area (Å²) in [5, 5.41) is 3.72. The van der Waals surface area contributed by atoms with Gasteiger partial charge in [0.2, 0.25) is 0 Å². The van der Waals surface area contributed by atoms with Crippen molar-refractivity contribution in [1.29, 1.82) is 0 Å². The summed E-state index contributed by atoms with van der Waals surface area (Å²) in [4.78, 5) is 2.74. The van der Waals surface area contributed by atoms with Crippen LogP contribution in [-0.2, 0) is 0 Å². The van der Waals surface area contributed by atoms with Gasteiger partial charge in [-0.05, 0) is 52.0 Å². The molecule has 108 valence electrons. The summed E-state index contributed by atoms with van der Waals surface area (Å²) in [5.74, 6) is 0.774. The second-order valence-electron chi connectivity index (χ2n) is 6.66. The molecule has 1 saturated carbocycles. The van der Waals surface area contributed by atoms with E-state index in [1.54, 1.807) is 0 Å². The third-order valence-corrected chi connectivity index (χ3v) is 4.04. The predicted molar refractivity (Wildman–Crippen MR) is 81.0 cm³/mol. The summed E-state index contributed by atoms with van der Waals surface area (Å²) in [7, 11) is 0. The standard InChI is InChI=1S/C16H34N2/c1-6-10-17-15-8-7-9-16(11-15)18(14(4)5)12-13(2)3/h13-17H,6-12H2,1-5H3. The van der Waals surface area contributed by atoms with Crippen LogP contribution in [0.4, 0.5) is 0 Å². The predicted octanol–water partition coefficient (Wildman–Crippen LogP) is 3.66. The van der Waals surface area contributed by atoms with Gasteiger partial charge in [0.15, 0.2) is 0 Å². The maximum atomic E-state index is 3.72. The molecule has 0 heterocycles. The minimum Gasteiger partial charge on any atom is -0.314 e. The minimum atomic E-state index is 0.683. The van der Waals surface area contributed by atoms with Crippen LogP contribution in [0.15, 0.2) is 0 Å².